The fraction of sp³-hybridized carbons (Fsp3) is 0.125. The summed E-state index contributed by atoms with van der Waals surface area (Å²) in [6.45, 7) is 0. The van der Waals surface area contributed by atoms with Gasteiger partial charge in [-0.15, -0.1) is 0 Å². The standard InChI is InChI=1S/C16H12I3NO4.Na/c1-20-15(21)11-9(17)7-10(18)14(12(11)19)24-13(16(22)23)8-5-3-2-4-6-8;/h2-7,13H,1H3,(H,20,21)(H,22,23);/q;+1/p-1. The van der Waals surface area contributed by atoms with Crippen molar-refractivity contribution in [2.24, 2.45) is 0 Å². The molecule has 0 saturated carbocycles. The van der Waals surface area contributed by atoms with Gasteiger partial charge in [-0.1, -0.05) is 30.3 Å². The Morgan fingerprint density at radius 1 is 1.12 bits per heavy atom. The van der Waals surface area contributed by atoms with Crippen molar-refractivity contribution in [2.45, 2.75) is 6.10 Å². The second kappa shape index (κ2) is 10.6. The summed E-state index contributed by atoms with van der Waals surface area (Å²) in [5.74, 6) is -1.24. The van der Waals surface area contributed by atoms with Crippen LogP contribution in [-0.4, -0.2) is 18.9 Å². The zero-order valence-corrected chi connectivity index (χ0v) is 21.8. The zero-order chi connectivity index (χ0) is 17.9. The van der Waals surface area contributed by atoms with E-state index in [2.05, 4.69) is 50.5 Å². The predicted molar refractivity (Wildman–Crippen MR) is 113 cm³/mol. The fourth-order valence-electron chi connectivity index (χ4n) is 2.01. The SMILES string of the molecule is CNC(=O)c1c(I)cc(I)c(OC(C(=O)[O-])c2ccccc2)c1I.[Na+]. The minimum Gasteiger partial charge on any atom is -0.546 e. The van der Waals surface area contributed by atoms with E-state index in [0.29, 0.717) is 20.4 Å². The van der Waals surface area contributed by atoms with E-state index in [4.69, 9.17) is 4.74 Å². The Kier molecular flexibility index (Phi) is 9.96. The van der Waals surface area contributed by atoms with Crippen LogP contribution in [0.5, 0.6) is 5.75 Å². The van der Waals surface area contributed by atoms with Crippen LogP contribution in [-0.2, 0) is 4.79 Å². The summed E-state index contributed by atoms with van der Waals surface area (Å²) in [4.78, 5) is 23.6. The molecular formula is C16H11I3NNaO4. The van der Waals surface area contributed by atoms with Gasteiger partial charge in [0.25, 0.3) is 5.91 Å². The molecule has 2 rings (SSSR count). The Bertz CT molecular complexity index is 787. The molecule has 0 heterocycles. The number of carbonyl (C=O) groups is 2. The van der Waals surface area contributed by atoms with Crippen LogP contribution in [0.1, 0.15) is 22.0 Å². The maximum atomic E-state index is 12.1. The van der Waals surface area contributed by atoms with Gasteiger partial charge in [-0.2, -0.15) is 0 Å². The smallest absolute Gasteiger partial charge is 0.546 e. The molecule has 0 aliphatic rings. The molecule has 0 fully saturated rings. The number of amides is 1. The maximum absolute atomic E-state index is 12.1. The minimum absolute atomic E-state index is 0. The molecule has 1 amide bonds. The largest absolute Gasteiger partial charge is 1.00 e. The van der Waals surface area contributed by atoms with Gasteiger partial charge in [0, 0.05) is 10.6 Å². The van der Waals surface area contributed by atoms with Crippen molar-refractivity contribution in [3.63, 3.8) is 0 Å². The Morgan fingerprint density at radius 2 is 1.72 bits per heavy atom. The van der Waals surface area contributed by atoms with Gasteiger partial charge in [0.15, 0.2) is 6.10 Å². The molecule has 126 valence electrons. The average molecular weight is 685 g/mol. The van der Waals surface area contributed by atoms with Gasteiger partial charge < -0.3 is 20.0 Å². The van der Waals surface area contributed by atoms with Crippen molar-refractivity contribution in [3.05, 3.63) is 58.2 Å². The molecule has 9 heteroatoms. The molecule has 5 nitrogen and oxygen atoms in total. The van der Waals surface area contributed by atoms with Gasteiger partial charge in [-0.25, -0.2) is 0 Å². The zero-order valence-electron chi connectivity index (χ0n) is 13.3. The molecule has 25 heavy (non-hydrogen) atoms. The summed E-state index contributed by atoms with van der Waals surface area (Å²) in [5, 5.41) is 14.1. The number of rotatable bonds is 5. The third-order valence-electron chi connectivity index (χ3n) is 3.13. The van der Waals surface area contributed by atoms with Gasteiger partial charge in [0.05, 0.1) is 18.7 Å². The summed E-state index contributed by atoms with van der Waals surface area (Å²) in [6, 6.07) is 10.3. The van der Waals surface area contributed by atoms with E-state index in [1.807, 2.05) is 22.6 Å². The van der Waals surface area contributed by atoms with E-state index >= 15 is 0 Å². The van der Waals surface area contributed by atoms with E-state index in [1.54, 1.807) is 43.4 Å². The minimum atomic E-state index is -1.34. The molecule has 1 N–H and O–H groups in total. The van der Waals surface area contributed by atoms with Crippen molar-refractivity contribution in [1.82, 2.24) is 5.32 Å². The second-order valence-electron chi connectivity index (χ2n) is 4.67. The van der Waals surface area contributed by atoms with E-state index in [0.717, 1.165) is 7.14 Å². The summed E-state index contributed by atoms with van der Waals surface area (Å²) in [7, 11) is 1.54. The van der Waals surface area contributed by atoms with Crippen molar-refractivity contribution in [2.75, 3.05) is 7.05 Å². The average Bonchev–Trinajstić information content (AvgIpc) is 2.54. The number of carboxylic acid groups (broad SMARTS) is 1. The van der Waals surface area contributed by atoms with E-state index in [1.165, 1.54) is 0 Å². The molecule has 0 spiro atoms. The Balaban J connectivity index is 0.00000312. The van der Waals surface area contributed by atoms with E-state index in [9.17, 15) is 14.7 Å². The number of benzene rings is 2. The van der Waals surface area contributed by atoms with Crippen molar-refractivity contribution in [1.29, 1.82) is 0 Å². The number of carboxylic acids is 1. The predicted octanol–water partition coefficient (Wildman–Crippen LogP) is -0.266. The number of ether oxygens (including phenoxy) is 1. The normalized spacial score (nSPS) is 11.2. The van der Waals surface area contributed by atoms with Gasteiger partial charge in [0.2, 0.25) is 0 Å². The van der Waals surface area contributed by atoms with Gasteiger partial charge in [-0.05, 0) is 79.4 Å². The molecule has 2 aromatic rings. The van der Waals surface area contributed by atoms with Gasteiger partial charge in [-0.3, -0.25) is 4.79 Å². The van der Waals surface area contributed by atoms with E-state index in [-0.39, 0.29) is 35.5 Å². The first-order chi connectivity index (χ1) is 11.4. The fourth-order valence-corrected chi connectivity index (χ4v) is 6.13. The summed E-state index contributed by atoms with van der Waals surface area (Å²) in [5.41, 5.74) is 0.934. The van der Waals surface area contributed by atoms with Gasteiger partial charge in [0.1, 0.15) is 5.75 Å². The Morgan fingerprint density at radius 3 is 2.24 bits per heavy atom. The molecular weight excluding hydrogens is 674 g/mol. The number of carbonyl (C=O) groups excluding carboxylic acids is 2. The molecule has 0 bridgehead atoms. The Labute approximate surface area is 208 Å². The summed E-state index contributed by atoms with van der Waals surface area (Å²) >= 11 is 6.13. The molecule has 0 saturated heterocycles. The third kappa shape index (κ3) is 5.67. The first-order valence-corrected chi connectivity index (χ1v) is 9.92. The monoisotopic (exact) mass is 685 g/mol. The quantitative estimate of drug-likeness (QED) is 0.348. The topological polar surface area (TPSA) is 78.5 Å². The van der Waals surface area contributed by atoms with Crippen LogP contribution >= 0.6 is 67.8 Å². The third-order valence-corrected chi connectivity index (χ3v) is 5.82. The van der Waals surface area contributed by atoms with Crippen LogP contribution < -0.4 is 44.7 Å². The number of nitrogens with one attached hydrogen (secondary N) is 1. The van der Waals surface area contributed by atoms with Crippen LogP contribution in [0.15, 0.2) is 36.4 Å². The van der Waals surface area contributed by atoms with Crippen LogP contribution in [0, 0.1) is 10.7 Å². The van der Waals surface area contributed by atoms with Crippen molar-refractivity contribution in [3.8, 4) is 5.75 Å². The van der Waals surface area contributed by atoms with Crippen LogP contribution in [0.4, 0.5) is 0 Å². The number of aliphatic carboxylic acids is 1. The number of hydrogen-bond donors (Lipinski definition) is 1. The first kappa shape index (κ1) is 23.4. The van der Waals surface area contributed by atoms with Gasteiger partial charge >= 0.3 is 29.6 Å². The molecule has 0 radical (unpaired) electrons. The summed E-state index contributed by atoms with van der Waals surface area (Å²) < 4.78 is 7.79. The summed E-state index contributed by atoms with van der Waals surface area (Å²) in [6.07, 6.45) is -1.26. The van der Waals surface area contributed by atoms with E-state index < -0.39 is 12.1 Å². The molecule has 0 aliphatic heterocycles. The second-order valence-corrected chi connectivity index (χ2v) is 8.07. The van der Waals surface area contributed by atoms with Crippen LogP contribution in [0.25, 0.3) is 0 Å². The van der Waals surface area contributed by atoms with Crippen LogP contribution in [0.2, 0.25) is 0 Å². The molecule has 2 aromatic carbocycles. The molecule has 0 aliphatic carbocycles. The van der Waals surface area contributed by atoms with Crippen molar-refractivity contribution >= 4 is 79.6 Å². The molecule has 0 aromatic heterocycles. The number of halogens is 3. The first-order valence-electron chi connectivity index (χ1n) is 6.68. The number of hydrogen-bond acceptors (Lipinski definition) is 4. The maximum Gasteiger partial charge on any atom is 1.00 e. The van der Waals surface area contributed by atoms with Crippen molar-refractivity contribution < 1.29 is 49.0 Å². The molecule has 1 unspecified atom stereocenters. The Hall–Kier alpha value is 0.370. The van der Waals surface area contributed by atoms with Crippen LogP contribution in [0.3, 0.4) is 0 Å². The molecule has 1 atom stereocenters.